The molecule has 5 unspecified atom stereocenters. The first kappa shape index (κ1) is 11.7. The third-order valence-corrected chi connectivity index (χ3v) is 6.31. The zero-order valence-corrected chi connectivity index (χ0v) is 11.9. The molecule has 2 heteroatoms. The lowest BCUT2D eigenvalue weighted by molar-refractivity contribution is 0.311. The molecule has 3 rings (SSSR count). The summed E-state index contributed by atoms with van der Waals surface area (Å²) < 4.78 is 0. The molecule has 0 amide bonds. The highest BCUT2D eigenvalue weighted by molar-refractivity contribution is 9.09. The summed E-state index contributed by atoms with van der Waals surface area (Å²) >= 11 is 3.97. The molecule has 0 N–H and O–H groups in total. The summed E-state index contributed by atoms with van der Waals surface area (Å²) in [7, 11) is 0. The average molecular weight is 294 g/mol. The number of aromatic nitrogens is 1. The van der Waals surface area contributed by atoms with Gasteiger partial charge in [-0.15, -0.1) is 0 Å². The molecule has 92 valence electrons. The maximum absolute atomic E-state index is 4.50. The van der Waals surface area contributed by atoms with E-state index >= 15 is 0 Å². The Morgan fingerprint density at radius 3 is 2.76 bits per heavy atom. The second-order valence-corrected chi connectivity index (χ2v) is 6.88. The number of hydrogen-bond donors (Lipinski definition) is 0. The van der Waals surface area contributed by atoms with E-state index in [2.05, 4.69) is 40.0 Å². The molecule has 2 bridgehead atoms. The first-order chi connectivity index (χ1) is 8.25. The van der Waals surface area contributed by atoms with E-state index in [4.69, 9.17) is 0 Å². The lowest BCUT2D eigenvalue weighted by Gasteiger charge is -2.30. The number of fused-ring (bicyclic) bond motifs is 2. The van der Waals surface area contributed by atoms with Gasteiger partial charge in [-0.2, -0.15) is 0 Å². The third kappa shape index (κ3) is 2.16. The monoisotopic (exact) mass is 293 g/mol. The van der Waals surface area contributed by atoms with Gasteiger partial charge in [-0.05, 0) is 49.1 Å². The minimum absolute atomic E-state index is 0.528. The van der Waals surface area contributed by atoms with Crippen molar-refractivity contribution in [3.63, 3.8) is 0 Å². The largest absolute Gasteiger partial charge is 0.261 e. The third-order valence-electron chi connectivity index (χ3n) is 4.83. The van der Waals surface area contributed by atoms with Crippen LogP contribution in [-0.4, -0.2) is 9.81 Å². The minimum Gasteiger partial charge on any atom is -0.261 e. The van der Waals surface area contributed by atoms with Crippen molar-refractivity contribution in [3.8, 4) is 0 Å². The second kappa shape index (κ2) is 4.72. The normalized spacial score (nSPS) is 34.8. The summed E-state index contributed by atoms with van der Waals surface area (Å²) in [6.45, 7) is 2.31. The van der Waals surface area contributed by atoms with E-state index in [-0.39, 0.29) is 0 Å². The van der Waals surface area contributed by atoms with Gasteiger partial charge in [-0.25, -0.2) is 0 Å². The topological polar surface area (TPSA) is 12.9 Å². The number of nitrogens with zero attached hydrogens (tertiary/aromatic N) is 1. The van der Waals surface area contributed by atoms with Crippen molar-refractivity contribution in [2.75, 3.05) is 0 Å². The second-order valence-electron chi connectivity index (χ2n) is 5.83. The van der Waals surface area contributed by atoms with Gasteiger partial charge in [0, 0.05) is 22.6 Å². The number of halogens is 1. The van der Waals surface area contributed by atoms with E-state index in [9.17, 15) is 0 Å². The number of rotatable bonds is 3. The van der Waals surface area contributed by atoms with Crippen molar-refractivity contribution >= 4 is 15.9 Å². The summed E-state index contributed by atoms with van der Waals surface area (Å²) in [6, 6.07) is 6.25. The molecule has 0 radical (unpaired) electrons. The van der Waals surface area contributed by atoms with Crippen LogP contribution in [-0.2, 0) is 0 Å². The highest BCUT2D eigenvalue weighted by Gasteiger charge is 2.43. The van der Waals surface area contributed by atoms with Crippen molar-refractivity contribution < 1.29 is 0 Å². The van der Waals surface area contributed by atoms with Crippen LogP contribution in [0.15, 0.2) is 24.4 Å². The fourth-order valence-corrected chi connectivity index (χ4v) is 4.78. The van der Waals surface area contributed by atoms with Crippen LogP contribution in [0, 0.1) is 17.8 Å². The van der Waals surface area contributed by atoms with Crippen molar-refractivity contribution in [2.45, 2.75) is 43.4 Å². The summed E-state index contributed by atoms with van der Waals surface area (Å²) in [4.78, 5) is 5.11. The predicted octanol–water partition coefficient (Wildman–Crippen LogP) is 4.38. The Hall–Kier alpha value is -0.370. The molecule has 1 heterocycles. The highest BCUT2D eigenvalue weighted by atomic mass is 79.9. The molecule has 5 atom stereocenters. The van der Waals surface area contributed by atoms with Gasteiger partial charge in [-0.1, -0.05) is 35.3 Å². The Morgan fingerprint density at radius 1 is 1.29 bits per heavy atom. The number of alkyl halides is 1. The van der Waals surface area contributed by atoms with Crippen LogP contribution < -0.4 is 0 Å². The first-order valence-corrected chi connectivity index (χ1v) is 7.72. The van der Waals surface area contributed by atoms with E-state index in [1.54, 1.807) is 0 Å². The molecule has 1 aromatic heterocycles. The van der Waals surface area contributed by atoms with Crippen LogP contribution in [0.2, 0.25) is 0 Å². The number of hydrogen-bond acceptors (Lipinski definition) is 1. The summed E-state index contributed by atoms with van der Waals surface area (Å²) in [5.74, 6) is 3.42. The highest BCUT2D eigenvalue weighted by Crippen LogP contribution is 2.52. The quantitative estimate of drug-likeness (QED) is 0.754. The van der Waals surface area contributed by atoms with Crippen LogP contribution in [0.5, 0.6) is 0 Å². The van der Waals surface area contributed by atoms with Gasteiger partial charge >= 0.3 is 0 Å². The van der Waals surface area contributed by atoms with Crippen LogP contribution in [0.25, 0.3) is 0 Å². The lowest BCUT2D eigenvalue weighted by Crippen LogP contribution is -2.25. The fraction of sp³-hybridized carbons (Fsp3) is 0.667. The Bertz CT molecular complexity index is 378. The summed E-state index contributed by atoms with van der Waals surface area (Å²) in [6.07, 6.45) is 7.79. The van der Waals surface area contributed by atoms with Gasteiger partial charge < -0.3 is 0 Å². The van der Waals surface area contributed by atoms with Crippen LogP contribution >= 0.6 is 15.9 Å². The molecule has 1 nitrogen and oxygen atoms in total. The molecule has 2 aliphatic carbocycles. The molecule has 2 aliphatic rings. The van der Waals surface area contributed by atoms with Crippen LogP contribution in [0.4, 0.5) is 0 Å². The SMILES string of the molecule is CC(c1ccccn1)C(Br)C1CC2CCC1C2. The van der Waals surface area contributed by atoms with Crippen LogP contribution in [0.1, 0.15) is 44.2 Å². The molecular formula is C15H20BrN. The molecule has 1 aromatic rings. The Kier molecular flexibility index (Phi) is 3.25. The van der Waals surface area contributed by atoms with Gasteiger partial charge in [0.25, 0.3) is 0 Å². The van der Waals surface area contributed by atoms with Crippen molar-refractivity contribution in [1.82, 2.24) is 4.98 Å². The molecular weight excluding hydrogens is 274 g/mol. The minimum atomic E-state index is 0.528. The van der Waals surface area contributed by atoms with Gasteiger partial charge in [0.1, 0.15) is 0 Å². The van der Waals surface area contributed by atoms with E-state index < -0.39 is 0 Å². The van der Waals surface area contributed by atoms with Crippen LogP contribution in [0.3, 0.4) is 0 Å². The average Bonchev–Trinajstić information content (AvgIpc) is 3.00. The zero-order valence-electron chi connectivity index (χ0n) is 10.3. The summed E-state index contributed by atoms with van der Waals surface area (Å²) in [5, 5.41) is 0. The maximum Gasteiger partial charge on any atom is 0.0442 e. The van der Waals surface area contributed by atoms with E-state index in [1.807, 2.05) is 12.3 Å². The molecule has 0 spiro atoms. The fourth-order valence-electron chi connectivity index (χ4n) is 3.86. The molecule has 0 aliphatic heterocycles. The predicted molar refractivity (Wildman–Crippen MR) is 74.3 cm³/mol. The maximum atomic E-state index is 4.50. The molecule has 0 aromatic carbocycles. The van der Waals surface area contributed by atoms with Gasteiger partial charge in [0.05, 0.1) is 0 Å². The van der Waals surface area contributed by atoms with Crippen molar-refractivity contribution in [1.29, 1.82) is 0 Å². The molecule has 17 heavy (non-hydrogen) atoms. The molecule has 2 fully saturated rings. The number of pyridine rings is 1. The lowest BCUT2D eigenvalue weighted by atomic mass is 9.81. The van der Waals surface area contributed by atoms with E-state index in [0.29, 0.717) is 10.7 Å². The Labute approximate surface area is 112 Å². The van der Waals surface area contributed by atoms with Crippen molar-refractivity contribution in [2.24, 2.45) is 17.8 Å². The standard InChI is InChI=1S/C15H20BrN/c1-10(14-4-2-3-7-17-14)15(16)13-9-11-5-6-12(13)8-11/h2-4,7,10-13,15H,5-6,8-9H2,1H3. The van der Waals surface area contributed by atoms with Crippen molar-refractivity contribution in [3.05, 3.63) is 30.1 Å². The Balaban J connectivity index is 1.72. The molecule has 0 saturated heterocycles. The first-order valence-electron chi connectivity index (χ1n) is 6.80. The van der Waals surface area contributed by atoms with E-state index in [1.165, 1.54) is 31.4 Å². The zero-order chi connectivity index (χ0) is 11.8. The van der Waals surface area contributed by atoms with E-state index in [0.717, 1.165) is 17.8 Å². The van der Waals surface area contributed by atoms with Gasteiger partial charge in [0.15, 0.2) is 0 Å². The Morgan fingerprint density at radius 2 is 2.18 bits per heavy atom. The summed E-state index contributed by atoms with van der Waals surface area (Å²) in [5.41, 5.74) is 1.23. The smallest absolute Gasteiger partial charge is 0.0442 e. The van der Waals surface area contributed by atoms with Gasteiger partial charge in [-0.3, -0.25) is 4.98 Å². The van der Waals surface area contributed by atoms with Gasteiger partial charge in [0.2, 0.25) is 0 Å². The molecule has 2 saturated carbocycles.